The molecule has 0 bridgehead atoms. The van der Waals surface area contributed by atoms with Gasteiger partial charge in [0.15, 0.2) is 0 Å². The van der Waals surface area contributed by atoms with Crippen molar-refractivity contribution in [2.75, 3.05) is 13.1 Å². The third kappa shape index (κ3) is 2.55. The van der Waals surface area contributed by atoms with Crippen LogP contribution in [-0.4, -0.2) is 44.8 Å². The zero-order valence-corrected chi connectivity index (χ0v) is 12.4. The number of aliphatic carboxylic acids is 1. The summed E-state index contributed by atoms with van der Waals surface area (Å²) in [5.74, 6) is -1.20. The molecule has 2 atom stereocenters. The van der Waals surface area contributed by atoms with Crippen LogP contribution in [0.5, 0.6) is 0 Å². The number of carboxylic acids is 1. The van der Waals surface area contributed by atoms with E-state index in [1.165, 1.54) is 0 Å². The first-order valence-corrected chi connectivity index (χ1v) is 6.83. The van der Waals surface area contributed by atoms with Crippen molar-refractivity contribution in [1.82, 2.24) is 14.7 Å². The summed E-state index contributed by atoms with van der Waals surface area (Å²) < 4.78 is 1.69. The van der Waals surface area contributed by atoms with Crippen LogP contribution in [0.2, 0.25) is 0 Å². The van der Waals surface area contributed by atoms with E-state index in [4.69, 9.17) is 0 Å². The summed E-state index contributed by atoms with van der Waals surface area (Å²) >= 11 is 0. The molecule has 1 N–H and O–H groups in total. The van der Waals surface area contributed by atoms with E-state index in [0.29, 0.717) is 24.2 Å². The third-order valence-corrected chi connectivity index (χ3v) is 4.02. The lowest BCUT2D eigenvalue weighted by Gasteiger charge is -2.34. The first-order valence-electron chi connectivity index (χ1n) is 6.83. The zero-order chi connectivity index (χ0) is 15.0. The lowest BCUT2D eigenvalue weighted by Crippen LogP contribution is -2.45. The molecule has 0 saturated carbocycles. The molecule has 0 aliphatic carbocycles. The van der Waals surface area contributed by atoms with Gasteiger partial charge in [-0.05, 0) is 26.2 Å². The van der Waals surface area contributed by atoms with E-state index in [0.717, 1.165) is 5.69 Å². The number of nitrogens with zero attached hydrogens (tertiary/aromatic N) is 3. The minimum absolute atomic E-state index is 0.106. The third-order valence-electron chi connectivity index (χ3n) is 4.02. The molecule has 1 fully saturated rings. The van der Waals surface area contributed by atoms with Gasteiger partial charge in [-0.15, -0.1) is 0 Å². The van der Waals surface area contributed by atoms with Crippen molar-refractivity contribution in [2.45, 2.75) is 27.2 Å². The van der Waals surface area contributed by atoms with E-state index < -0.39 is 11.9 Å². The number of hydrogen-bond acceptors (Lipinski definition) is 3. The van der Waals surface area contributed by atoms with Crippen molar-refractivity contribution < 1.29 is 14.7 Å². The normalized spacial score (nSPS) is 22.9. The molecule has 1 saturated heterocycles. The zero-order valence-electron chi connectivity index (χ0n) is 12.4. The predicted molar refractivity (Wildman–Crippen MR) is 73.5 cm³/mol. The van der Waals surface area contributed by atoms with E-state index in [9.17, 15) is 14.7 Å². The number of carboxylic acid groups (broad SMARTS) is 1. The molecule has 0 radical (unpaired) electrons. The number of hydrogen-bond donors (Lipinski definition) is 1. The highest BCUT2D eigenvalue weighted by atomic mass is 16.4. The van der Waals surface area contributed by atoms with Crippen molar-refractivity contribution in [3.05, 3.63) is 17.0 Å². The van der Waals surface area contributed by atoms with Gasteiger partial charge in [0.25, 0.3) is 5.91 Å². The summed E-state index contributed by atoms with van der Waals surface area (Å²) in [6.45, 7) is 6.54. The van der Waals surface area contributed by atoms with E-state index in [1.807, 2.05) is 20.8 Å². The van der Waals surface area contributed by atoms with Gasteiger partial charge in [0.1, 0.15) is 0 Å². The number of carbonyl (C=O) groups excluding carboxylic acids is 1. The highest BCUT2D eigenvalue weighted by molar-refractivity contribution is 5.96. The lowest BCUT2D eigenvalue weighted by molar-refractivity contribution is -0.143. The van der Waals surface area contributed by atoms with E-state index in [-0.39, 0.29) is 18.4 Å². The van der Waals surface area contributed by atoms with Gasteiger partial charge in [0.05, 0.1) is 17.2 Å². The van der Waals surface area contributed by atoms with Crippen LogP contribution in [0.25, 0.3) is 0 Å². The SMILES string of the molecule is Cc1nn(C)c(C)c1C(=O)N1CC(C)CC(C(=O)O)C1. The molecule has 1 aliphatic heterocycles. The standard InChI is InChI=1S/C14H21N3O3/c1-8-5-11(14(19)20)7-17(6-8)13(18)12-9(2)15-16(4)10(12)3/h8,11H,5-7H2,1-4H3,(H,19,20). The number of likely N-dealkylation sites (tertiary alicyclic amines) is 1. The van der Waals surface area contributed by atoms with Crippen LogP contribution in [0.3, 0.4) is 0 Å². The minimum Gasteiger partial charge on any atom is -0.481 e. The Hall–Kier alpha value is -1.85. The van der Waals surface area contributed by atoms with Gasteiger partial charge < -0.3 is 10.0 Å². The molecule has 0 aromatic carbocycles. The van der Waals surface area contributed by atoms with Crippen molar-refractivity contribution in [2.24, 2.45) is 18.9 Å². The summed E-state index contributed by atoms with van der Waals surface area (Å²) in [6, 6.07) is 0. The van der Waals surface area contributed by atoms with Crippen LogP contribution in [0, 0.1) is 25.7 Å². The molecule has 2 heterocycles. The topological polar surface area (TPSA) is 75.4 Å². The predicted octanol–water partition coefficient (Wildman–Crippen LogP) is 1.22. The first kappa shape index (κ1) is 14.6. The summed E-state index contributed by atoms with van der Waals surface area (Å²) in [7, 11) is 1.80. The summed E-state index contributed by atoms with van der Waals surface area (Å²) in [6.07, 6.45) is 0.629. The smallest absolute Gasteiger partial charge is 0.308 e. The van der Waals surface area contributed by atoms with Crippen LogP contribution < -0.4 is 0 Å². The average molecular weight is 279 g/mol. The number of carbonyl (C=O) groups is 2. The van der Waals surface area contributed by atoms with Gasteiger partial charge in [0.2, 0.25) is 0 Å². The molecule has 6 heteroatoms. The summed E-state index contributed by atoms with van der Waals surface area (Å²) in [5, 5.41) is 13.4. The first-order chi connectivity index (χ1) is 9.31. The molecule has 6 nitrogen and oxygen atoms in total. The van der Waals surface area contributed by atoms with Crippen LogP contribution in [0.4, 0.5) is 0 Å². The number of rotatable bonds is 2. The lowest BCUT2D eigenvalue weighted by atomic mass is 9.90. The van der Waals surface area contributed by atoms with E-state index in [1.54, 1.807) is 16.6 Å². The molecule has 110 valence electrons. The number of piperidine rings is 1. The van der Waals surface area contributed by atoms with Crippen LogP contribution in [-0.2, 0) is 11.8 Å². The minimum atomic E-state index is -0.825. The van der Waals surface area contributed by atoms with Gasteiger partial charge in [-0.1, -0.05) is 6.92 Å². The molecular weight excluding hydrogens is 258 g/mol. The highest BCUT2D eigenvalue weighted by Gasteiger charge is 2.33. The van der Waals surface area contributed by atoms with Crippen molar-refractivity contribution in [1.29, 1.82) is 0 Å². The summed E-state index contributed by atoms with van der Waals surface area (Å²) in [5.41, 5.74) is 2.11. The molecule has 1 amide bonds. The Morgan fingerprint density at radius 1 is 1.30 bits per heavy atom. The fraction of sp³-hybridized carbons (Fsp3) is 0.643. The van der Waals surface area contributed by atoms with Gasteiger partial charge in [-0.2, -0.15) is 5.10 Å². The maximum Gasteiger partial charge on any atom is 0.308 e. The quantitative estimate of drug-likeness (QED) is 0.883. The molecule has 2 unspecified atom stereocenters. The van der Waals surface area contributed by atoms with Crippen molar-refractivity contribution in [3.63, 3.8) is 0 Å². The Bertz CT molecular complexity index is 550. The summed E-state index contributed by atoms with van der Waals surface area (Å²) in [4.78, 5) is 25.5. The molecule has 1 aromatic rings. The Morgan fingerprint density at radius 2 is 1.95 bits per heavy atom. The second-order valence-corrected chi connectivity index (χ2v) is 5.76. The Morgan fingerprint density at radius 3 is 2.45 bits per heavy atom. The van der Waals surface area contributed by atoms with Crippen LogP contribution >= 0.6 is 0 Å². The van der Waals surface area contributed by atoms with Gasteiger partial charge >= 0.3 is 5.97 Å². The van der Waals surface area contributed by atoms with E-state index in [2.05, 4.69) is 5.10 Å². The number of aromatic nitrogens is 2. The molecule has 20 heavy (non-hydrogen) atoms. The van der Waals surface area contributed by atoms with Crippen molar-refractivity contribution >= 4 is 11.9 Å². The Kier molecular flexibility index (Phi) is 3.83. The second kappa shape index (κ2) is 5.26. The van der Waals surface area contributed by atoms with Gasteiger partial charge in [-0.3, -0.25) is 14.3 Å². The van der Waals surface area contributed by atoms with Crippen LogP contribution in [0.1, 0.15) is 35.1 Å². The Labute approximate surface area is 118 Å². The molecular formula is C14H21N3O3. The monoisotopic (exact) mass is 279 g/mol. The van der Waals surface area contributed by atoms with Gasteiger partial charge in [-0.25, -0.2) is 0 Å². The van der Waals surface area contributed by atoms with Crippen molar-refractivity contribution in [3.8, 4) is 0 Å². The molecule has 1 aromatic heterocycles. The number of aryl methyl sites for hydroxylation is 2. The number of amides is 1. The fourth-order valence-electron chi connectivity index (χ4n) is 2.94. The second-order valence-electron chi connectivity index (χ2n) is 5.76. The maximum absolute atomic E-state index is 12.6. The van der Waals surface area contributed by atoms with Crippen LogP contribution in [0.15, 0.2) is 0 Å². The highest BCUT2D eigenvalue weighted by Crippen LogP contribution is 2.24. The fourth-order valence-corrected chi connectivity index (χ4v) is 2.94. The van der Waals surface area contributed by atoms with E-state index >= 15 is 0 Å². The molecule has 2 rings (SSSR count). The average Bonchev–Trinajstić information content (AvgIpc) is 2.61. The molecule has 1 aliphatic rings. The largest absolute Gasteiger partial charge is 0.481 e. The molecule has 0 spiro atoms. The Balaban J connectivity index is 2.26. The van der Waals surface area contributed by atoms with Gasteiger partial charge in [0, 0.05) is 25.8 Å². The maximum atomic E-state index is 12.6.